The first-order valence-electron chi connectivity index (χ1n) is 18.0. The molecule has 2 amide bonds. The Morgan fingerprint density at radius 1 is 0.642 bits per heavy atom. The van der Waals surface area contributed by atoms with Crippen LogP contribution in [0.5, 0.6) is 0 Å². The highest BCUT2D eigenvalue weighted by atomic mass is 35.5. The molecule has 5 heterocycles. The third-order valence-corrected chi connectivity index (χ3v) is 10.6. The highest BCUT2D eigenvalue weighted by Crippen LogP contribution is 2.40. The summed E-state index contributed by atoms with van der Waals surface area (Å²) in [4.78, 5) is 28.0. The Hall–Kier alpha value is -5.34. The van der Waals surface area contributed by atoms with Gasteiger partial charge < -0.3 is 15.5 Å². The van der Waals surface area contributed by atoms with Crippen LogP contribution in [0.3, 0.4) is 0 Å². The highest BCUT2D eigenvalue weighted by Gasteiger charge is 2.26. The number of nitrogens with zero attached hydrogens (tertiary/aromatic N) is 4. The van der Waals surface area contributed by atoms with Crippen molar-refractivity contribution in [3.63, 3.8) is 0 Å². The number of piperidine rings is 2. The molecule has 0 atom stereocenters. The monoisotopic (exact) mass is 736 g/mol. The van der Waals surface area contributed by atoms with Gasteiger partial charge in [0, 0.05) is 64.0 Å². The van der Waals surface area contributed by atoms with E-state index in [1.807, 2.05) is 65.8 Å². The minimum Gasteiger partial charge on any atom is -0.324 e. The van der Waals surface area contributed by atoms with Crippen LogP contribution in [0.15, 0.2) is 109 Å². The number of hydrogen-bond donors (Lipinski definition) is 2. The second-order valence-electron chi connectivity index (χ2n) is 13.4. The first-order chi connectivity index (χ1) is 26.0. The normalized spacial score (nSPS) is 15.9. The predicted molar refractivity (Wildman–Crippen MR) is 217 cm³/mol. The number of carbonyl (C=O) groups is 1. The quantitative estimate of drug-likeness (QED) is 0.175. The van der Waals surface area contributed by atoms with Crippen molar-refractivity contribution in [3.8, 4) is 0 Å². The Morgan fingerprint density at radius 3 is 1.72 bits per heavy atom. The molecule has 2 aliphatic heterocycles. The molecule has 4 aliphatic rings. The van der Waals surface area contributed by atoms with Crippen LogP contribution in [0.1, 0.15) is 70.5 Å². The van der Waals surface area contributed by atoms with E-state index in [0.717, 1.165) is 71.9 Å². The van der Waals surface area contributed by atoms with Crippen molar-refractivity contribution in [2.75, 3.05) is 31.5 Å². The van der Waals surface area contributed by atoms with Crippen LogP contribution in [-0.4, -0.2) is 52.1 Å². The van der Waals surface area contributed by atoms with E-state index in [-0.39, 0.29) is 6.03 Å². The predicted octanol–water partition coefficient (Wildman–Crippen LogP) is 10.1. The number of halogens is 2. The number of nitrogens with one attached hydrogen (secondary N) is 2. The second kappa shape index (κ2) is 15.7. The van der Waals surface area contributed by atoms with Crippen LogP contribution in [0.2, 0.25) is 10.0 Å². The van der Waals surface area contributed by atoms with Gasteiger partial charge in [0.1, 0.15) is 0 Å². The molecule has 7 nitrogen and oxygen atoms in total. The van der Waals surface area contributed by atoms with Crippen LogP contribution < -0.4 is 10.6 Å². The van der Waals surface area contributed by atoms with E-state index in [0.29, 0.717) is 23.8 Å². The summed E-state index contributed by atoms with van der Waals surface area (Å²) in [5.41, 5.74) is 15.0. The molecule has 0 radical (unpaired) electrons. The molecule has 264 valence electrons. The second-order valence-corrected chi connectivity index (χ2v) is 14.3. The number of pyridine rings is 3. The number of urea groups is 1. The van der Waals surface area contributed by atoms with E-state index in [2.05, 4.69) is 64.2 Å². The lowest BCUT2D eigenvalue weighted by Crippen LogP contribution is -2.39. The zero-order chi connectivity index (χ0) is 36.1. The molecule has 2 fully saturated rings. The number of amides is 2. The van der Waals surface area contributed by atoms with Gasteiger partial charge in [-0.25, -0.2) is 4.79 Å². The molecular formula is C44H38Cl2N6O. The molecule has 9 rings (SSSR count). The lowest BCUT2D eigenvalue weighted by molar-refractivity contribution is 0.207. The SMILES string of the molecule is Clc1ccc2c(c1)C=Cc1cccnc1C2=C1CCNCC1.O=C(Nc1cccnc1)N1CCC(=C2c3ccc(Cl)cc3C=Cc3cccnc32)CC1. The molecular weight excluding hydrogens is 699 g/mol. The fraction of sp³-hybridized carbons (Fsp3) is 0.182. The van der Waals surface area contributed by atoms with E-state index in [4.69, 9.17) is 33.2 Å². The first-order valence-corrected chi connectivity index (χ1v) is 18.7. The standard InChI is InChI=1S/C25H21ClN4O.C19H17ClN2/c26-20-7-8-22-19(15-20)6-5-18-3-1-12-28-24(18)23(22)17-9-13-30(14-10-17)25(31)29-21-4-2-11-27-16-21;20-16-5-6-17-15(12-16)4-3-14-2-1-9-22-19(14)18(17)13-7-10-21-11-8-13/h1-8,11-12,15-16H,9-10,13-14H2,(H,29,31);1-6,9,12,21H,7-8,10-11H2. The Kier molecular flexibility index (Phi) is 10.3. The summed E-state index contributed by atoms with van der Waals surface area (Å²) >= 11 is 12.5. The zero-order valence-electron chi connectivity index (χ0n) is 29.2. The number of benzene rings is 2. The van der Waals surface area contributed by atoms with E-state index in [1.165, 1.54) is 39.0 Å². The largest absolute Gasteiger partial charge is 0.324 e. The number of rotatable bonds is 1. The Morgan fingerprint density at radius 2 is 1.17 bits per heavy atom. The first kappa shape index (κ1) is 34.7. The maximum absolute atomic E-state index is 12.7. The summed E-state index contributed by atoms with van der Waals surface area (Å²) in [7, 11) is 0. The van der Waals surface area contributed by atoms with Crippen LogP contribution in [0.25, 0.3) is 35.5 Å². The van der Waals surface area contributed by atoms with Crippen molar-refractivity contribution >= 4 is 70.4 Å². The molecule has 3 aromatic heterocycles. The van der Waals surface area contributed by atoms with E-state index in [1.54, 1.807) is 12.4 Å². The van der Waals surface area contributed by atoms with Crippen molar-refractivity contribution in [1.29, 1.82) is 0 Å². The van der Waals surface area contributed by atoms with Gasteiger partial charge in [-0.1, -0.05) is 82.9 Å². The molecule has 2 N–H and O–H groups in total. The molecule has 0 saturated carbocycles. The smallest absolute Gasteiger partial charge is 0.321 e. The fourth-order valence-electron chi connectivity index (χ4n) is 7.50. The maximum Gasteiger partial charge on any atom is 0.321 e. The van der Waals surface area contributed by atoms with Gasteiger partial charge in [-0.15, -0.1) is 0 Å². The van der Waals surface area contributed by atoms with Crippen molar-refractivity contribution in [2.45, 2.75) is 25.7 Å². The number of hydrogen-bond acceptors (Lipinski definition) is 5. The molecule has 0 bridgehead atoms. The van der Waals surface area contributed by atoms with Crippen LogP contribution in [0.4, 0.5) is 10.5 Å². The lowest BCUT2D eigenvalue weighted by atomic mass is 9.88. The van der Waals surface area contributed by atoms with Gasteiger partial charge in [0.2, 0.25) is 0 Å². The van der Waals surface area contributed by atoms with E-state index < -0.39 is 0 Å². The summed E-state index contributed by atoms with van der Waals surface area (Å²) in [6, 6.07) is 23.9. The lowest BCUT2D eigenvalue weighted by Gasteiger charge is -2.30. The van der Waals surface area contributed by atoms with Crippen LogP contribution in [-0.2, 0) is 0 Å². The number of fused-ring (bicyclic) bond motifs is 4. The fourth-order valence-corrected chi connectivity index (χ4v) is 7.86. The number of likely N-dealkylation sites (tertiary alicyclic amines) is 1. The van der Waals surface area contributed by atoms with Gasteiger partial charge in [0.05, 0.1) is 23.3 Å². The average Bonchev–Trinajstić information content (AvgIpc) is 3.46. The van der Waals surface area contributed by atoms with Crippen molar-refractivity contribution in [2.24, 2.45) is 0 Å². The summed E-state index contributed by atoms with van der Waals surface area (Å²) in [5, 5.41) is 7.85. The topological polar surface area (TPSA) is 83.0 Å². The molecule has 0 spiro atoms. The number of aromatic nitrogens is 3. The third kappa shape index (κ3) is 7.60. The summed E-state index contributed by atoms with van der Waals surface area (Å²) in [6.45, 7) is 3.39. The minimum absolute atomic E-state index is 0.0923. The van der Waals surface area contributed by atoms with Crippen LogP contribution in [0, 0.1) is 0 Å². The number of carbonyl (C=O) groups excluding carboxylic acids is 1. The molecule has 0 unspecified atom stereocenters. The highest BCUT2D eigenvalue weighted by molar-refractivity contribution is 6.31. The minimum atomic E-state index is -0.0923. The summed E-state index contributed by atoms with van der Waals surface area (Å²) < 4.78 is 0. The third-order valence-electron chi connectivity index (χ3n) is 10.1. The zero-order valence-corrected chi connectivity index (χ0v) is 30.7. The molecule has 2 aliphatic carbocycles. The van der Waals surface area contributed by atoms with Gasteiger partial charge in [-0.05, 0) is 110 Å². The van der Waals surface area contributed by atoms with Crippen molar-refractivity contribution < 1.29 is 4.79 Å². The molecule has 2 aromatic carbocycles. The van der Waals surface area contributed by atoms with Gasteiger partial charge in [-0.3, -0.25) is 15.0 Å². The maximum atomic E-state index is 12.7. The van der Waals surface area contributed by atoms with Crippen molar-refractivity contribution in [1.82, 2.24) is 25.2 Å². The average molecular weight is 738 g/mol. The summed E-state index contributed by atoms with van der Waals surface area (Å²) in [6.07, 6.45) is 19.3. The number of anilines is 1. The van der Waals surface area contributed by atoms with Crippen LogP contribution >= 0.6 is 23.2 Å². The van der Waals surface area contributed by atoms with E-state index >= 15 is 0 Å². The van der Waals surface area contributed by atoms with Crippen molar-refractivity contribution in [3.05, 3.63) is 164 Å². The Labute approximate surface area is 319 Å². The molecule has 53 heavy (non-hydrogen) atoms. The Balaban J connectivity index is 0.000000160. The molecule has 5 aromatic rings. The van der Waals surface area contributed by atoms with Gasteiger partial charge in [0.15, 0.2) is 0 Å². The van der Waals surface area contributed by atoms with Gasteiger partial charge in [0.25, 0.3) is 0 Å². The van der Waals surface area contributed by atoms with Gasteiger partial charge in [-0.2, -0.15) is 0 Å². The van der Waals surface area contributed by atoms with Gasteiger partial charge >= 0.3 is 6.03 Å². The molecule has 2 saturated heterocycles. The summed E-state index contributed by atoms with van der Waals surface area (Å²) in [5.74, 6) is 0. The van der Waals surface area contributed by atoms with E-state index in [9.17, 15) is 4.79 Å². The molecule has 9 heteroatoms. The Bertz CT molecular complexity index is 2290.